The van der Waals surface area contributed by atoms with Crippen LogP contribution in [0, 0.1) is 17.8 Å². The molecular formula is C37H49ClN4O6S. The van der Waals surface area contributed by atoms with Crippen LogP contribution in [0.3, 0.4) is 0 Å². The molecule has 0 spiro atoms. The zero-order valence-corrected chi connectivity index (χ0v) is 30.0. The topological polar surface area (TPSA) is 130 Å². The van der Waals surface area contributed by atoms with Crippen LogP contribution >= 0.6 is 11.6 Å². The average Bonchev–Trinajstić information content (AvgIpc) is 3.44. The molecule has 7 atom stereocenters. The molecule has 4 aliphatic rings. The maximum Gasteiger partial charge on any atom is 0.327 e. The number of hydrogen-bond donors (Lipinski definition) is 3. The summed E-state index contributed by atoms with van der Waals surface area (Å²) >= 11 is 6.45. The van der Waals surface area contributed by atoms with Crippen molar-refractivity contribution in [3.05, 3.63) is 70.3 Å². The largest absolute Gasteiger partial charge is 0.491 e. The first-order valence-corrected chi connectivity index (χ1v) is 19.7. The number of anilines is 1. The van der Waals surface area contributed by atoms with Crippen molar-refractivity contribution in [2.75, 3.05) is 30.9 Å². The fourth-order valence-electron chi connectivity index (χ4n) is 7.62. The van der Waals surface area contributed by atoms with Crippen molar-refractivity contribution in [2.24, 2.45) is 22.1 Å². The third kappa shape index (κ3) is 8.98. The Morgan fingerprint density at radius 1 is 1.12 bits per heavy atom. The summed E-state index contributed by atoms with van der Waals surface area (Å²) in [6.07, 6.45) is 10.7. The lowest BCUT2D eigenvalue weighted by atomic mass is 9.70. The summed E-state index contributed by atoms with van der Waals surface area (Å²) in [6, 6.07) is 10.5. The van der Waals surface area contributed by atoms with Crippen molar-refractivity contribution in [2.45, 2.75) is 89.5 Å². The van der Waals surface area contributed by atoms with Gasteiger partial charge in [0.2, 0.25) is 0 Å². The lowest BCUT2D eigenvalue weighted by molar-refractivity contribution is 0.0133. The molecule has 12 heteroatoms. The van der Waals surface area contributed by atoms with E-state index in [2.05, 4.69) is 43.6 Å². The van der Waals surface area contributed by atoms with Crippen molar-refractivity contribution in [1.82, 2.24) is 10.0 Å². The van der Waals surface area contributed by atoms with Crippen molar-refractivity contribution < 1.29 is 28.4 Å². The third-order valence-corrected chi connectivity index (χ3v) is 12.6. The zero-order chi connectivity index (χ0) is 34.5. The molecular weight excluding hydrogens is 664 g/mol. The first-order valence-electron chi connectivity index (χ1n) is 17.6. The number of benzene rings is 2. The van der Waals surface area contributed by atoms with Crippen LogP contribution in [0.2, 0.25) is 5.02 Å². The minimum atomic E-state index is -3.53. The maximum absolute atomic E-state index is 14.4. The van der Waals surface area contributed by atoms with Gasteiger partial charge in [-0.05, 0) is 117 Å². The van der Waals surface area contributed by atoms with Crippen molar-refractivity contribution >= 4 is 39.1 Å². The van der Waals surface area contributed by atoms with E-state index in [1.165, 1.54) is 11.1 Å². The number of aliphatic hydroxyl groups excluding tert-OH is 1. The van der Waals surface area contributed by atoms with E-state index in [1.54, 1.807) is 19.2 Å². The Labute approximate surface area is 295 Å². The fourth-order valence-corrected chi connectivity index (χ4v) is 9.65. The summed E-state index contributed by atoms with van der Waals surface area (Å²) in [5.41, 5.74) is 3.43. The number of carbonyl (C=O) groups is 2. The quantitative estimate of drug-likeness (QED) is 0.313. The van der Waals surface area contributed by atoms with Gasteiger partial charge in [-0.25, -0.2) is 9.00 Å². The lowest BCUT2D eigenvalue weighted by Crippen LogP contribution is -2.45. The molecule has 2 fully saturated rings. The van der Waals surface area contributed by atoms with Crippen LogP contribution in [0.1, 0.15) is 79.8 Å². The Morgan fingerprint density at radius 2 is 1.98 bits per heavy atom. The van der Waals surface area contributed by atoms with E-state index in [9.17, 15) is 18.9 Å². The minimum absolute atomic E-state index is 0.00693. The number of hydrogen-bond acceptors (Lipinski definition) is 7. The van der Waals surface area contributed by atoms with E-state index in [0.29, 0.717) is 61.4 Å². The fraction of sp³-hybridized carbons (Fsp3) is 0.568. The van der Waals surface area contributed by atoms with Crippen molar-refractivity contribution in [3.63, 3.8) is 0 Å². The number of aryl methyl sites for hydroxylation is 1. The standard InChI is InChI=1S/C37H49ClN4O6S/c1-24-6-5-8-34(47-2)32-15-10-28(32)22-42-21-27-9-12-29(38)18-25(27)7-3-4-17-48-35-16-11-26(19-33(35)42)36(44)40-49(46,23-24)41-37(45)39-30-13-14-31(43)20-30/h5,8-9,11-12,16,18-19,24,28,30-32,34,43H,3-4,6-7,10,13-15,17,20-23H2,1-2H3,(H2,39,40,41,44,45,46)/b8-5+/t24-,28-,30+,31+,32+,34-,49-/m0/s1. The van der Waals surface area contributed by atoms with Gasteiger partial charge in [-0.2, -0.15) is 0 Å². The molecule has 6 rings (SSSR count). The Morgan fingerprint density at radius 3 is 2.73 bits per heavy atom. The second-order valence-electron chi connectivity index (χ2n) is 14.2. The Kier molecular flexibility index (Phi) is 11.5. The number of fused-ring (bicyclic) bond motifs is 3. The van der Waals surface area contributed by atoms with Crippen LogP contribution in [0.4, 0.5) is 10.5 Å². The minimum Gasteiger partial charge on any atom is -0.491 e. The number of amides is 3. The van der Waals surface area contributed by atoms with Gasteiger partial charge < -0.3 is 24.8 Å². The molecule has 49 heavy (non-hydrogen) atoms. The van der Waals surface area contributed by atoms with E-state index >= 15 is 0 Å². The third-order valence-electron chi connectivity index (χ3n) is 10.4. The monoisotopic (exact) mass is 712 g/mol. The molecule has 3 N–H and O–H groups in total. The van der Waals surface area contributed by atoms with Gasteiger partial charge in [0.25, 0.3) is 5.91 Å². The number of nitrogens with one attached hydrogen (secondary N) is 2. The summed E-state index contributed by atoms with van der Waals surface area (Å²) in [7, 11) is -1.78. The van der Waals surface area contributed by atoms with Gasteiger partial charge in [0.1, 0.15) is 15.7 Å². The van der Waals surface area contributed by atoms with Crippen LogP contribution in [0.25, 0.3) is 0 Å². The van der Waals surface area contributed by atoms with Gasteiger partial charge in [0, 0.05) is 36.8 Å². The summed E-state index contributed by atoms with van der Waals surface area (Å²) in [5.74, 6) is 0.538. The van der Waals surface area contributed by atoms with Gasteiger partial charge in [-0.3, -0.25) is 9.52 Å². The normalized spacial score (nSPS) is 31.4. The summed E-state index contributed by atoms with van der Waals surface area (Å²) < 4.78 is 33.6. The van der Waals surface area contributed by atoms with Gasteiger partial charge in [-0.1, -0.05) is 36.7 Å². The number of allylic oxidation sites excluding steroid dienone is 1. The average molecular weight is 713 g/mol. The van der Waals surface area contributed by atoms with E-state index in [4.69, 9.17) is 21.1 Å². The maximum atomic E-state index is 14.4. The highest BCUT2D eigenvalue weighted by molar-refractivity contribution is 7.92. The molecule has 2 aliphatic heterocycles. The molecule has 0 unspecified atom stereocenters. The second-order valence-corrected chi connectivity index (χ2v) is 16.6. The number of methoxy groups -OCH3 is 1. The number of carbonyl (C=O) groups excluding carboxylic acids is 2. The van der Waals surface area contributed by atoms with E-state index in [0.717, 1.165) is 44.3 Å². The predicted molar refractivity (Wildman–Crippen MR) is 192 cm³/mol. The molecule has 2 bridgehead atoms. The number of halogens is 1. The molecule has 0 saturated heterocycles. The summed E-state index contributed by atoms with van der Waals surface area (Å²) in [6.45, 7) is 3.80. The number of urea groups is 1. The molecule has 2 aromatic carbocycles. The van der Waals surface area contributed by atoms with Crippen LogP contribution in [-0.2, 0) is 27.6 Å². The lowest BCUT2D eigenvalue weighted by Gasteiger charge is -2.43. The van der Waals surface area contributed by atoms with Crippen LogP contribution in [0.15, 0.2) is 52.9 Å². The Hall–Kier alpha value is -3.12. The molecule has 2 aliphatic carbocycles. The number of nitrogens with zero attached hydrogens (tertiary/aromatic N) is 2. The molecule has 0 radical (unpaired) electrons. The van der Waals surface area contributed by atoms with Crippen LogP contribution in [-0.4, -0.2) is 65.5 Å². The van der Waals surface area contributed by atoms with Gasteiger partial charge in [-0.15, -0.1) is 4.36 Å². The van der Waals surface area contributed by atoms with E-state index < -0.39 is 28.0 Å². The number of rotatable bonds is 3. The summed E-state index contributed by atoms with van der Waals surface area (Å²) in [5, 5.41) is 13.4. The van der Waals surface area contributed by atoms with E-state index in [-0.39, 0.29) is 29.4 Å². The SMILES string of the molecule is CO[C@H]1/C=C/C[C@H](C)C[S@@](=O)(NC(=O)N[C@@H]2CC[C@@H](O)C2)=NC(=O)c2ccc3c(c2)N(Cc2ccc(Cl)cc2CCCCO3)C[C@@H]2CC[C@H]21. The molecule has 3 amide bonds. The first-order chi connectivity index (χ1) is 23.6. The Balaban J connectivity index is 1.41. The Bertz CT molecular complexity index is 1680. The summed E-state index contributed by atoms with van der Waals surface area (Å²) in [4.78, 5) is 29.3. The predicted octanol–water partition coefficient (Wildman–Crippen LogP) is 6.43. The van der Waals surface area contributed by atoms with Gasteiger partial charge >= 0.3 is 6.03 Å². The molecule has 2 saturated carbocycles. The van der Waals surface area contributed by atoms with Crippen LogP contribution in [0.5, 0.6) is 5.75 Å². The zero-order valence-electron chi connectivity index (χ0n) is 28.4. The van der Waals surface area contributed by atoms with Crippen LogP contribution < -0.4 is 19.7 Å². The number of aliphatic hydroxyl groups is 1. The molecule has 266 valence electrons. The number of ether oxygens (including phenoxy) is 2. The molecule has 10 nitrogen and oxygen atoms in total. The smallest absolute Gasteiger partial charge is 0.327 e. The highest BCUT2D eigenvalue weighted by Crippen LogP contribution is 2.42. The van der Waals surface area contributed by atoms with E-state index in [1.807, 2.05) is 19.1 Å². The highest BCUT2D eigenvalue weighted by Gasteiger charge is 2.38. The van der Waals surface area contributed by atoms with Gasteiger partial charge in [0.15, 0.2) is 0 Å². The molecule has 2 aromatic rings. The van der Waals surface area contributed by atoms with Gasteiger partial charge in [0.05, 0.1) is 30.3 Å². The van der Waals surface area contributed by atoms with Crippen molar-refractivity contribution in [1.29, 1.82) is 0 Å². The van der Waals surface area contributed by atoms with Crippen molar-refractivity contribution in [3.8, 4) is 5.75 Å². The molecule has 2 heterocycles. The first kappa shape index (κ1) is 35.7. The molecule has 0 aromatic heterocycles. The second kappa shape index (κ2) is 15.8. The highest BCUT2D eigenvalue weighted by atomic mass is 35.5.